The van der Waals surface area contributed by atoms with Crippen LogP contribution in [0.1, 0.15) is 78.7 Å². The number of nitrogens with zero attached hydrogens (tertiary/aromatic N) is 1. The summed E-state index contributed by atoms with van der Waals surface area (Å²) in [6.07, 6.45) is 8.37. The number of hydrogen-bond acceptors (Lipinski definition) is 4. The number of hydrogen-bond donors (Lipinski definition) is 1. The summed E-state index contributed by atoms with van der Waals surface area (Å²) in [6, 6.07) is 3.62. The highest BCUT2D eigenvalue weighted by atomic mass is 35.5. The molecule has 4 aliphatic carbocycles. The van der Waals surface area contributed by atoms with Crippen LogP contribution in [0.2, 0.25) is 5.02 Å². The number of benzene rings is 1. The zero-order valence-electron chi connectivity index (χ0n) is 19.4. The summed E-state index contributed by atoms with van der Waals surface area (Å²) in [7, 11) is 0. The van der Waals surface area contributed by atoms with Crippen LogP contribution in [0, 0.1) is 22.2 Å². The standard InChI is InChI=1S/C25H35ClN2O3/c1-6-30-20-8-17(7-19(26)21(20)31-16(2)3)12-27-28-22(29)25-11-18-9-23(4,14-25)13-24(5,10-18)15-25/h7-8,12,16,18H,6,9-11,13-15H2,1-5H3,(H,28,29)/b27-12+. The lowest BCUT2D eigenvalue weighted by atomic mass is 9.40. The third-order valence-electron chi connectivity index (χ3n) is 7.17. The Kier molecular flexibility index (Phi) is 5.78. The van der Waals surface area contributed by atoms with Crippen LogP contribution in [0.4, 0.5) is 0 Å². The fourth-order valence-corrected chi connectivity index (χ4v) is 7.52. The quantitative estimate of drug-likeness (QED) is 0.414. The molecule has 1 aromatic carbocycles. The average Bonchev–Trinajstić information content (AvgIpc) is 2.61. The van der Waals surface area contributed by atoms with E-state index in [1.54, 1.807) is 12.3 Å². The number of carbonyl (C=O) groups is 1. The van der Waals surface area contributed by atoms with Crippen LogP contribution >= 0.6 is 11.6 Å². The van der Waals surface area contributed by atoms with Gasteiger partial charge in [-0.1, -0.05) is 25.4 Å². The molecule has 0 aliphatic heterocycles. The molecule has 1 aromatic rings. The predicted octanol–water partition coefficient (Wildman–Crippen LogP) is 5.97. The van der Waals surface area contributed by atoms with E-state index in [0.29, 0.717) is 39.9 Å². The molecule has 4 fully saturated rings. The van der Waals surface area contributed by atoms with Gasteiger partial charge in [0.25, 0.3) is 0 Å². The molecule has 4 bridgehead atoms. The highest BCUT2D eigenvalue weighted by Crippen LogP contribution is 2.69. The molecule has 0 heterocycles. The van der Waals surface area contributed by atoms with Crippen molar-refractivity contribution >= 4 is 23.7 Å². The number of nitrogens with one attached hydrogen (secondary N) is 1. The van der Waals surface area contributed by atoms with E-state index in [1.807, 2.05) is 26.8 Å². The molecular weight excluding hydrogens is 412 g/mol. The maximum absolute atomic E-state index is 13.3. The van der Waals surface area contributed by atoms with Crippen LogP contribution in [0.3, 0.4) is 0 Å². The highest BCUT2D eigenvalue weighted by Gasteiger charge is 2.62. The molecule has 2 atom stereocenters. The van der Waals surface area contributed by atoms with Crippen molar-refractivity contribution in [1.82, 2.24) is 5.43 Å². The maximum atomic E-state index is 13.3. The molecule has 5 rings (SSSR count). The van der Waals surface area contributed by atoms with Crippen molar-refractivity contribution in [2.45, 2.75) is 79.2 Å². The molecule has 1 N–H and O–H groups in total. The van der Waals surface area contributed by atoms with Crippen molar-refractivity contribution in [3.63, 3.8) is 0 Å². The van der Waals surface area contributed by atoms with Gasteiger partial charge >= 0.3 is 0 Å². The SMILES string of the molecule is CCOc1cc(/C=N/NC(=O)C23CC4CC(C)(CC(C)(C4)C2)C3)cc(Cl)c1OC(C)C. The van der Waals surface area contributed by atoms with E-state index in [-0.39, 0.29) is 17.4 Å². The largest absolute Gasteiger partial charge is 0.490 e. The fourth-order valence-electron chi connectivity index (χ4n) is 7.26. The van der Waals surface area contributed by atoms with Crippen molar-refractivity contribution < 1.29 is 14.3 Å². The molecule has 5 nitrogen and oxygen atoms in total. The van der Waals surface area contributed by atoms with Gasteiger partial charge in [-0.15, -0.1) is 0 Å². The summed E-state index contributed by atoms with van der Waals surface area (Å²) >= 11 is 6.44. The third kappa shape index (κ3) is 4.44. The minimum atomic E-state index is -0.274. The molecule has 2 unspecified atom stereocenters. The first-order chi connectivity index (χ1) is 14.6. The van der Waals surface area contributed by atoms with E-state index in [9.17, 15) is 4.79 Å². The zero-order valence-corrected chi connectivity index (χ0v) is 20.1. The number of ether oxygens (including phenoxy) is 2. The van der Waals surface area contributed by atoms with Gasteiger partial charge in [0, 0.05) is 0 Å². The summed E-state index contributed by atoms with van der Waals surface area (Å²) in [5, 5.41) is 4.76. The van der Waals surface area contributed by atoms with Crippen molar-refractivity contribution in [2.24, 2.45) is 27.3 Å². The molecule has 1 amide bonds. The molecule has 0 saturated heterocycles. The molecule has 0 spiro atoms. The van der Waals surface area contributed by atoms with Gasteiger partial charge in [-0.25, -0.2) is 5.43 Å². The van der Waals surface area contributed by atoms with Gasteiger partial charge in [-0.2, -0.15) is 5.10 Å². The Bertz CT molecular complexity index is 879. The molecular formula is C25H35ClN2O3. The van der Waals surface area contributed by atoms with Gasteiger partial charge in [0.05, 0.1) is 29.4 Å². The van der Waals surface area contributed by atoms with E-state index >= 15 is 0 Å². The number of carbonyl (C=O) groups excluding carboxylic acids is 1. The molecule has 4 aliphatic rings. The molecule has 170 valence electrons. The number of halogens is 1. The van der Waals surface area contributed by atoms with Crippen LogP contribution in [0.25, 0.3) is 0 Å². The van der Waals surface area contributed by atoms with Crippen molar-refractivity contribution in [3.05, 3.63) is 22.7 Å². The fraction of sp³-hybridized carbons (Fsp3) is 0.680. The molecule has 4 saturated carbocycles. The minimum absolute atomic E-state index is 0.0143. The zero-order chi connectivity index (χ0) is 22.4. The second kappa shape index (κ2) is 7.99. The summed E-state index contributed by atoms with van der Waals surface area (Å²) in [6.45, 7) is 11.1. The van der Waals surface area contributed by atoms with Gasteiger partial charge in [0.2, 0.25) is 5.91 Å². The van der Waals surface area contributed by atoms with Gasteiger partial charge in [0.15, 0.2) is 11.5 Å². The lowest BCUT2D eigenvalue weighted by Gasteiger charge is -2.64. The van der Waals surface area contributed by atoms with Gasteiger partial charge < -0.3 is 9.47 Å². The monoisotopic (exact) mass is 446 g/mol. The third-order valence-corrected chi connectivity index (χ3v) is 7.45. The van der Waals surface area contributed by atoms with Crippen LogP contribution in [-0.2, 0) is 4.79 Å². The Labute approximate surface area is 190 Å². The average molecular weight is 447 g/mol. The van der Waals surface area contributed by atoms with E-state index in [0.717, 1.165) is 24.8 Å². The number of amides is 1. The summed E-state index contributed by atoms with van der Waals surface area (Å²) < 4.78 is 11.5. The first-order valence-corrected chi connectivity index (χ1v) is 11.9. The van der Waals surface area contributed by atoms with Gasteiger partial charge in [-0.05, 0) is 93.7 Å². The topological polar surface area (TPSA) is 59.9 Å². The van der Waals surface area contributed by atoms with E-state index < -0.39 is 0 Å². The second-order valence-electron chi connectivity index (χ2n) is 11.0. The highest BCUT2D eigenvalue weighted by molar-refractivity contribution is 6.32. The molecule has 31 heavy (non-hydrogen) atoms. The van der Waals surface area contributed by atoms with Crippen molar-refractivity contribution in [1.29, 1.82) is 0 Å². The van der Waals surface area contributed by atoms with Crippen LogP contribution in [-0.4, -0.2) is 24.8 Å². The van der Waals surface area contributed by atoms with Gasteiger partial charge in [-0.3, -0.25) is 4.79 Å². The van der Waals surface area contributed by atoms with E-state index in [1.165, 1.54) is 19.3 Å². The Morgan fingerprint density at radius 1 is 1.23 bits per heavy atom. The van der Waals surface area contributed by atoms with Crippen LogP contribution in [0.15, 0.2) is 17.2 Å². The number of hydrazone groups is 1. The van der Waals surface area contributed by atoms with E-state index in [2.05, 4.69) is 24.4 Å². The minimum Gasteiger partial charge on any atom is -0.490 e. The second-order valence-corrected chi connectivity index (χ2v) is 11.4. The molecule has 0 radical (unpaired) electrons. The van der Waals surface area contributed by atoms with Crippen LogP contribution < -0.4 is 14.9 Å². The summed E-state index contributed by atoms with van der Waals surface area (Å²) in [5.41, 5.74) is 3.93. The predicted molar refractivity (Wildman–Crippen MR) is 124 cm³/mol. The summed E-state index contributed by atoms with van der Waals surface area (Å²) in [4.78, 5) is 13.3. The van der Waals surface area contributed by atoms with Crippen molar-refractivity contribution in [2.75, 3.05) is 6.61 Å². The smallest absolute Gasteiger partial charge is 0.246 e. The Morgan fingerprint density at radius 2 is 1.90 bits per heavy atom. The van der Waals surface area contributed by atoms with Crippen molar-refractivity contribution in [3.8, 4) is 11.5 Å². The Morgan fingerprint density at radius 3 is 2.48 bits per heavy atom. The first kappa shape index (κ1) is 22.4. The van der Waals surface area contributed by atoms with Gasteiger partial charge in [0.1, 0.15) is 0 Å². The van der Waals surface area contributed by atoms with Crippen LogP contribution in [0.5, 0.6) is 11.5 Å². The number of rotatable bonds is 7. The summed E-state index contributed by atoms with van der Waals surface area (Å²) in [5.74, 6) is 1.86. The van der Waals surface area contributed by atoms with E-state index in [4.69, 9.17) is 21.1 Å². The molecule has 6 heteroatoms. The molecule has 0 aromatic heterocycles. The normalized spacial score (nSPS) is 33.8. The Hall–Kier alpha value is -1.75. The lowest BCUT2D eigenvalue weighted by molar-refractivity contribution is -0.170. The lowest BCUT2D eigenvalue weighted by Crippen LogP contribution is -2.59. The first-order valence-electron chi connectivity index (χ1n) is 11.5. The Balaban J connectivity index is 1.49. The maximum Gasteiger partial charge on any atom is 0.246 e.